The molecule has 0 saturated heterocycles. The van der Waals surface area contributed by atoms with E-state index in [1.165, 1.54) is 6.26 Å². The summed E-state index contributed by atoms with van der Waals surface area (Å²) in [4.78, 5) is 4.06. The number of sulfone groups is 1. The normalized spacial score (nSPS) is 15.3. The van der Waals surface area contributed by atoms with Gasteiger partial charge in [-0.05, 0) is 37.9 Å². The summed E-state index contributed by atoms with van der Waals surface area (Å²) in [5.41, 5.74) is 1.06. The smallest absolute Gasteiger partial charge is 0.151 e. The molecular weight excluding hydrogens is 248 g/mol. The van der Waals surface area contributed by atoms with Crippen molar-refractivity contribution in [3.05, 3.63) is 30.1 Å². The Labute approximate surface area is 110 Å². The quantitative estimate of drug-likeness (QED) is 0.814. The Morgan fingerprint density at radius 1 is 1.44 bits per heavy atom. The van der Waals surface area contributed by atoms with Crippen LogP contribution in [0.5, 0.6) is 0 Å². The van der Waals surface area contributed by atoms with Crippen molar-refractivity contribution in [3.63, 3.8) is 0 Å². The fraction of sp³-hybridized carbons (Fsp3) is 0.615. The van der Waals surface area contributed by atoms with Crippen molar-refractivity contribution < 1.29 is 8.42 Å². The van der Waals surface area contributed by atoms with Crippen LogP contribution < -0.4 is 5.32 Å². The lowest BCUT2D eigenvalue weighted by Crippen LogP contribution is -2.44. The summed E-state index contributed by atoms with van der Waals surface area (Å²) in [7, 11) is -3.04. The second-order valence-electron chi connectivity index (χ2n) is 4.66. The van der Waals surface area contributed by atoms with E-state index in [2.05, 4.69) is 17.2 Å². The Hall–Kier alpha value is -0.940. The van der Waals surface area contributed by atoms with Gasteiger partial charge in [-0.1, -0.05) is 13.0 Å². The number of rotatable bonds is 7. The van der Waals surface area contributed by atoms with E-state index in [9.17, 15) is 8.42 Å². The first-order chi connectivity index (χ1) is 8.45. The highest BCUT2D eigenvalue weighted by Crippen LogP contribution is 2.11. The highest BCUT2D eigenvalue weighted by molar-refractivity contribution is 7.91. The molecule has 1 aromatic heterocycles. The van der Waals surface area contributed by atoms with E-state index in [0.29, 0.717) is 6.42 Å². The van der Waals surface area contributed by atoms with Gasteiger partial charge in [0.1, 0.15) is 0 Å². The summed E-state index contributed by atoms with van der Waals surface area (Å²) in [6, 6.07) is 3.78. The lowest BCUT2D eigenvalue weighted by atomic mass is 10.1. The van der Waals surface area contributed by atoms with E-state index in [4.69, 9.17) is 0 Å². The summed E-state index contributed by atoms with van der Waals surface area (Å²) in [5.74, 6) is 0. The molecule has 0 saturated carbocycles. The average molecular weight is 270 g/mol. The summed E-state index contributed by atoms with van der Waals surface area (Å²) in [6.07, 6.45) is 6.47. The van der Waals surface area contributed by atoms with Gasteiger partial charge in [0.2, 0.25) is 0 Å². The van der Waals surface area contributed by atoms with Crippen LogP contribution in [0.1, 0.15) is 25.8 Å². The van der Waals surface area contributed by atoms with E-state index in [1.54, 1.807) is 19.3 Å². The van der Waals surface area contributed by atoms with Gasteiger partial charge in [-0.2, -0.15) is 0 Å². The van der Waals surface area contributed by atoms with Crippen molar-refractivity contribution in [2.75, 3.05) is 12.8 Å². The molecule has 0 radical (unpaired) electrons. The highest BCUT2D eigenvalue weighted by Gasteiger charge is 2.25. The maximum atomic E-state index is 11.7. The molecule has 2 unspecified atom stereocenters. The van der Waals surface area contributed by atoms with Crippen LogP contribution in [-0.2, 0) is 16.3 Å². The number of pyridine rings is 1. The van der Waals surface area contributed by atoms with Crippen molar-refractivity contribution in [1.82, 2.24) is 10.3 Å². The first-order valence-electron chi connectivity index (χ1n) is 6.26. The van der Waals surface area contributed by atoms with Gasteiger partial charge in [0.25, 0.3) is 0 Å². The maximum Gasteiger partial charge on any atom is 0.151 e. The minimum atomic E-state index is -3.04. The van der Waals surface area contributed by atoms with Gasteiger partial charge in [0.05, 0.1) is 5.25 Å². The molecule has 18 heavy (non-hydrogen) atoms. The summed E-state index contributed by atoms with van der Waals surface area (Å²) in [6.45, 7) is 4.66. The molecule has 0 bridgehead atoms. The molecule has 0 aliphatic rings. The highest BCUT2D eigenvalue weighted by atomic mass is 32.2. The standard InChI is InChI=1S/C13H22N2O2S/c1-4-7-15-13(11(2)18(3,16)17)9-12-6-5-8-14-10-12/h5-6,8,10-11,13,15H,4,7,9H2,1-3H3. The van der Waals surface area contributed by atoms with Gasteiger partial charge in [-0.15, -0.1) is 0 Å². The van der Waals surface area contributed by atoms with Crippen LogP contribution in [0, 0.1) is 0 Å². The predicted octanol–water partition coefficient (Wildman–Crippen LogP) is 1.43. The second-order valence-corrected chi connectivity index (χ2v) is 7.06. The number of hydrogen-bond acceptors (Lipinski definition) is 4. The molecule has 1 rings (SSSR count). The Morgan fingerprint density at radius 3 is 2.67 bits per heavy atom. The summed E-state index contributed by atoms with van der Waals surface area (Å²) >= 11 is 0. The van der Waals surface area contributed by atoms with Crippen molar-refractivity contribution in [3.8, 4) is 0 Å². The first kappa shape index (κ1) is 15.1. The van der Waals surface area contributed by atoms with Gasteiger partial charge < -0.3 is 5.32 Å². The Bertz CT molecular complexity index is 445. The molecule has 2 atom stereocenters. The Morgan fingerprint density at radius 2 is 2.17 bits per heavy atom. The van der Waals surface area contributed by atoms with Gasteiger partial charge >= 0.3 is 0 Å². The zero-order valence-corrected chi connectivity index (χ0v) is 12.1. The predicted molar refractivity (Wildman–Crippen MR) is 74.3 cm³/mol. The van der Waals surface area contributed by atoms with Gasteiger partial charge in [0, 0.05) is 24.7 Å². The molecule has 0 aromatic carbocycles. The SMILES string of the molecule is CCCNC(Cc1cccnc1)C(C)S(C)(=O)=O. The summed E-state index contributed by atoms with van der Waals surface area (Å²) in [5, 5.41) is 2.92. The van der Waals surface area contributed by atoms with Crippen LogP contribution in [0.2, 0.25) is 0 Å². The van der Waals surface area contributed by atoms with Crippen molar-refractivity contribution in [2.45, 2.75) is 38.0 Å². The first-order valence-corrected chi connectivity index (χ1v) is 8.21. The van der Waals surface area contributed by atoms with E-state index >= 15 is 0 Å². The topological polar surface area (TPSA) is 59.1 Å². The molecule has 0 aliphatic carbocycles. The van der Waals surface area contributed by atoms with E-state index < -0.39 is 15.1 Å². The lowest BCUT2D eigenvalue weighted by Gasteiger charge is -2.24. The molecule has 0 fully saturated rings. The molecule has 1 aromatic rings. The number of hydrogen-bond donors (Lipinski definition) is 1. The van der Waals surface area contributed by atoms with E-state index in [0.717, 1.165) is 18.5 Å². The third-order valence-corrected chi connectivity index (χ3v) is 4.76. The largest absolute Gasteiger partial charge is 0.312 e. The zero-order chi connectivity index (χ0) is 13.6. The average Bonchev–Trinajstić information content (AvgIpc) is 2.33. The fourth-order valence-corrected chi connectivity index (χ4v) is 2.59. The van der Waals surface area contributed by atoms with Crippen molar-refractivity contribution in [2.24, 2.45) is 0 Å². The monoisotopic (exact) mass is 270 g/mol. The molecule has 5 heteroatoms. The van der Waals surface area contributed by atoms with Crippen LogP contribution >= 0.6 is 0 Å². The van der Waals surface area contributed by atoms with Crippen molar-refractivity contribution >= 4 is 9.84 Å². The summed E-state index contributed by atoms with van der Waals surface area (Å²) < 4.78 is 23.3. The van der Waals surface area contributed by atoms with Crippen LogP contribution in [-0.4, -0.2) is 37.5 Å². The third-order valence-electron chi connectivity index (χ3n) is 3.08. The van der Waals surface area contributed by atoms with E-state index in [-0.39, 0.29) is 6.04 Å². The second kappa shape index (κ2) is 6.85. The molecule has 1 heterocycles. The van der Waals surface area contributed by atoms with Crippen LogP contribution in [0.3, 0.4) is 0 Å². The van der Waals surface area contributed by atoms with Crippen LogP contribution in [0.15, 0.2) is 24.5 Å². The van der Waals surface area contributed by atoms with Gasteiger partial charge in [-0.25, -0.2) is 8.42 Å². The fourth-order valence-electron chi connectivity index (χ4n) is 1.81. The molecule has 0 spiro atoms. The number of nitrogens with one attached hydrogen (secondary N) is 1. The van der Waals surface area contributed by atoms with Gasteiger partial charge in [-0.3, -0.25) is 4.98 Å². The molecular formula is C13H22N2O2S. The minimum absolute atomic E-state index is 0.0656. The Balaban J connectivity index is 2.79. The molecule has 0 aliphatic heterocycles. The minimum Gasteiger partial charge on any atom is -0.312 e. The van der Waals surface area contributed by atoms with Crippen LogP contribution in [0.4, 0.5) is 0 Å². The molecule has 4 nitrogen and oxygen atoms in total. The molecule has 102 valence electrons. The number of aromatic nitrogens is 1. The third kappa shape index (κ3) is 4.74. The van der Waals surface area contributed by atoms with Crippen molar-refractivity contribution in [1.29, 1.82) is 0 Å². The Kier molecular flexibility index (Phi) is 5.75. The molecule has 1 N–H and O–H groups in total. The lowest BCUT2D eigenvalue weighted by molar-refractivity contribution is 0.481. The maximum absolute atomic E-state index is 11.7. The molecule has 0 amide bonds. The zero-order valence-electron chi connectivity index (χ0n) is 11.3. The number of nitrogens with zero attached hydrogens (tertiary/aromatic N) is 1. The van der Waals surface area contributed by atoms with Gasteiger partial charge in [0.15, 0.2) is 9.84 Å². The van der Waals surface area contributed by atoms with Crippen LogP contribution in [0.25, 0.3) is 0 Å². The van der Waals surface area contributed by atoms with E-state index in [1.807, 2.05) is 12.1 Å².